The van der Waals surface area contributed by atoms with Crippen LogP contribution in [0.5, 0.6) is 0 Å². The lowest BCUT2D eigenvalue weighted by Gasteiger charge is -2.33. The molecule has 3 rings (SSSR count). The van der Waals surface area contributed by atoms with Crippen LogP contribution >= 0.6 is 0 Å². The summed E-state index contributed by atoms with van der Waals surface area (Å²) in [6, 6.07) is 5.19. The maximum Gasteiger partial charge on any atom is 0.270 e. The van der Waals surface area contributed by atoms with Gasteiger partial charge in [0.05, 0.1) is 19.0 Å². The molecule has 0 aromatic carbocycles. The molecule has 1 atom stereocenters. The lowest BCUT2D eigenvalue weighted by molar-refractivity contribution is -0.0249. The van der Waals surface area contributed by atoms with Gasteiger partial charge in [-0.1, -0.05) is 0 Å². The summed E-state index contributed by atoms with van der Waals surface area (Å²) >= 11 is 0. The zero-order valence-corrected chi connectivity index (χ0v) is 13.1. The zero-order chi connectivity index (χ0) is 16.2. The van der Waals surface area contributed by atoms with Crippen molar-refractivity contribution in [3.63, 3.8) is 0 Å². The molecule has 1 fully saturated rings. The van der Waals surface area contributed by atoms with Crippen LogP contribution in [-0.4, -0.2) is 51.1 Å². The van der Waals surface area contributed by atoms with Gasteiger partial charge in [-0.05, 0) is 25.0 Å². The fourth-order valence-corrected chi connectivity index (χ4v) is 2.78. The molecule has 1 N–H and O–H groups in total. The maximum absolute atomic E-state index is 12.5. The van der Waals surface area contributed by atoms with Gasteiger partial charge in [0.1, 0.15) is 5.69 Å². The number of amides is 1. The van der Waals surface area contributed by atoms with E-state index in [2.05, 4.69) is 9.97 Å². The number of rotatable bonds is 4. The van der Waals surface area contributed by atoms with Gasteiger partial charge >= 0.3 is 0 Å². The van der Waals surface area contributed by atoms with Crippen LogP contribution in [0, 0.1) is 0 Å². The van der Waals surface area contributed by atoms with Gasteiger partial charge in [0.25, 0.3) is 11.5 Å². The lowest BCUT2D eigenvalue weighted by atomic mass is 10.1. The molecule has 7 nitrogen and oxygen atoms in total. The largest absolute Gasteiger partial charge is 0.375 e. The summed E-state index contributed by atoms with van der Waals surface area (Å²) in [6.07, 6.45) is 4.62. The molecule has 0 bridgehead atoms. The van der Waals surface area contributed by atoms with Gasteiger partial charge in [-0.15, -0.1) is 0 Å². The highest BCUT2D eigenvalue weighted by atomic mass is 16.5. The number of hydrogen-bond donors (Lipinski definition) is 1. The smallest absolute Gasteiger partial charge is 0.270 e. The average molecular weight is 316 g/mol. The third-order valence-corrected chi connectivity index (χ3v) is 4.05. The topological polar surface area (TPSA) is 80.2 Å². The normalized spacial score (nSPS) is 18.1. The fraction of sp³-hybridized carbons (Fsp3) is 0.438. The first kappa shape index (κ1) is 15.5. The van der Waals surface area contributed by atoms with Crippen LogP contribution in [0.4, 0.5) is 0 Å². The predicted octanol–water partition coefficient (Wildman–Crippen LogP) is 0.582. The Bertz CT molecular complexity index is 737. The van der Waals surface area contributed by atoms with E-state index in [4.69, 9.17) is 4.74 Å². The van der Waals surface area contributed by atoms with Crippen molar-refractivity contribution in [2.45, 2.75) is 18.9 Å². The number of aromatic nitrogens is 3. The minimum absolute atomic E-state index is 0.0279. The highest BCUT2D eigenvalue weighted by Crippen LogP contribution is 2.14. The third kappa shape index (κ3) is 3.68. The van der Waals surface area contributed by atoms with Crippen molar-refractivity contribution >= 4 is 5.91 Å². The average Bonchev–Trinajstić information content (AvgIpc) is 2.99. The third-order valence-electron chi connectivity index (χ3n) is 4.05. The molecular weight excluding hydrogens is 296 g/mol. The summed E-state index contributed by atoms with van der Waals surface area (Å²) in [6.45, 7) is 1.70. The van der Waals surface area contributed by atoms with Crippen molar-refractivity contribution in [1.82, 2.24) is 19.4 Å². The number of H-pyrrole nitrogens is 1. The minimum Gasteiger partial charge on any atom is -0.375 e. The van der Waals surface area contributed by atoms with Gasteiger partial charge in [-0.2, -0.15) is 0 Å². The molecule has 1 aliphatic heterocycles. The monoisotopic (exact) mass is 316 g/mol. The molecule has 2 aromatic heterocycles. The van der Waals surface area contributed by atoms with Crippen LogP contribution in [-0.2, 0) is 18.2 Å². The van der Waals surface area contributed by atoms with Crippen molar-refractivity contribution < 1.29 is 9.53 Å². The van der Waals surface area contributed by atoms with Gasteiger partial charge in [-0.3, -0.25) is 9.59 Å². The molecule has 0 spiro atoms. The van der Waals surface area contributed by atoms with Crippen molar-refractivity contribution in [3.8, 4) is 0 Å². The number of nitrogens with zero attached hydrogens (tertiary/aromatic N) is 3. The van der Waals surface area contributed by atoms with E-state index in [1.807, 2.05) is 34.8 Å². The van der Waals surface area contributed by atoms with Crippen LogP contribution in [0.15, 0.2) is 35.5 Å². The number of nitrogens with one attached hydrogen (secondary N) is 1. The van der Waals surface area contributed by atoms with Crippen LogP contribution in [0.25, 0.3) is 0 Å². The van der Waals surface area contributed by atoms with E-state index >= 15 is 0 Å². The van der Waals surface area contributed by atoms with Crippen LogP contribution in [0.2, 0.25) is 0 Å². The van der Waals surface area contributed by atoms with Gasteiger partial charge in [0.2, 0.25) is 0 Å². The summed E-state index contributed by atoms with van der Waals surface area (Å²) < 4.78 is 7.57. The second-order valence-electron chi connectivity index (χ2n) is 5.69. The molecule has 0 radical (unpaired) electrons. The molecule has 1 aliphatic rings. The number of aryl methyl sites for hydroxylation is 2. The van der Waals surface area contributed by atoms with Crippen molar-refractivity contribution in [2.75, 3.05) is 19.7 Å². The van der Waals surface area contributed by atoms with E-state index in [1.165, 1.54) is 12.4 Å². The van der Waals surface area contributed by atoms with E-state index in [1.54, 1.807) is 0 Å². The number of hydrogen-bond acceptors (Lipinski definition) is 4. The van der Waals surface area contributed by atoms with Crippen LogP contribution in [0.1, 0.15) is 22.6 Å². The van der Waals surface area contributed by atoms with Gasteiger partial charge < -0.3 is 19.2 Å². The molecular formula is C16H20N4O3. The lowest BCUT2D eigenvalue weighted by Crippen LogP contribution is -2.46. The van der Waals surface area contributed by atoms with E-state index in [0.717, 1.165) is 12.1 Å². The van der Waals surface area contributed by atoms with Crippen LogP contribution < -0.4 is 5.56 Å². The number of carbonyl (C=O) groups is 1. The van der Waals surface area contributed by atoms with E-state index in [9.17, 15) is 9.59 Å². The number of aromatic amines is 1. The Morgan fingerprint density at radius 1 is 1.52 bits per heavy atom. The van der Waals surface area contributed by atoms with Crippen molar-refractivity contribution in [2.24, 2.45) is 7.05 Å². The van der Waals surface area contributed by atoms with Crippen molar-refractivity contribution in [3.05, 3.63) is 52.5 Å². The minimum atomic E-state index is -0.153. The van der Waals surface area contributed by atoms with Crippen molar-refractivity contribution in [1.29, 1.82) is 0 Å². The molecule has 0 saturated carbocycles. The van der Waals surface area contributed by atoms with E-state index in [-0.39, 0.29) is 17.6 Å². The Balaban J connectivity index is 1.59. The first-order chi connectivity index (χ1) is 11.1. The van der Waals surface area contributed by atoms with Gasteiger partial charge in [-0.25, -0.2) is 4.98 Å². The molecule has 0 aliphatic carbocycles. The SMILES string of the molecule is Cn1cccc1C(=O)N1CCOC(CCc2cc(=O)[nH]cn2)C1. The Morgan fingerprint density at radius 2 is 2.39 bits per heavy atom. The maximum atomic E-state index is 12.5. The summed E-state index contributed by atoms with van der Waals surface area (Å²) in [7, 11) is 1.86. The number of carbonyl (C=O) groups excluding carboxylic acids is 1. The van der Waals surface area contributed by atoms with Crippen LogP contribution in [0.3, 0.4) is 0 Å². The standard InChI is InChI=1S/C16H20N4O3/c1-19-6-2-3-14(19)16(22)20-7-8-23-13(10-20)5-4-12-9-15(21)18-11-17-12/h2-3,6,9,11,13H,4-5,7-8,10H2,1H3,(H,17,18,21). The second kappa shape index (κ2) is 6.78. The molecule has 7 heteroatoms. The summed E-state index contributed by atoms with van der Waals surface area (Å²) in [5, 5.41) is 0. The molecule has 2 aromatic rings. The fourth-order valence-electron chi connectivity index (χ4n) is 2.78. The first-order valence-electron chi connectivity index (χ1n) is 7.69. The molecule has 3 heterocycles. The Hall–Kier alpha value is -2.41. The highest BCUT2D eigenvalue weighted by Gasteiger charge is 2.26. The Kier molecular flexibility index (Phi) is 4.57. The highest BCUT2D eigenvalue weighted by molar-refractivity contribution is 5.92. The quantitative estimate of drug-likeness (QED) is 0.895. The number of morpholine rings is 1. The Morgan fingerprint density at radius 3 is 3.13 bits per heavy atom. The summed E-state index contributed by atoms with van der Waals surface area (Å²) in [4.78, 5) is 32.3. The Labute approximate surface area is 133 Å². The first-order valence-corrected chi connectivity index (χ1v) is 7.69. The molecule has 1 unspecified atom stereocenters. The zero-order valence-electron chi connectivity index (χ0n) is 13.1. The van der Waals surface area contributed by atoms with E-state index < -0.39 is 0 Å². The van der Waals surface area contributed by atoms with Gasteiger partial charge in [0, 0.05) is 38.1 Å². The number of ether oxygens (including phenoxy) is 1. The molecule has 1 amide bonds. The summed E-state index contributed by atoms with van der Waals surface area (Å²) in [5.74, 6) is 0.0279. The second-order valence-corrected chi connectivity index (χ2v) is 5.69. The van der Waals surface area contributed by atoms with Gasteiger partial charge in [0.15, 0.2) is 0 Å². The molecule has 122 valence electrons. The summed E-state index contributed by atoms with van der Waals surface area (Å²) in [5.41, 5.74) is 1.27. The molecule has 23 heavy (non-hydrogen) atoms. The predicted molar refractivity (Wildman–Crippen MR) is 84.2 cm³/mol. The van der Waals surface area contributed by atoms with E-state index in [0.29, 0.717) is 31.8 Å². The molecule has 1 saturated heterocycles.